The van der Waals surface area contributed by atoms with Gasteiger partial charge in [0.2, 0.25) is 0 Å². The van der Waals surface area contributed by atoms with E-state index in [2.05, 4.69) is 81.0 Å². The van der Waals surface area contributed by atoms with Crippen molar-refractivity contribution in [3.05, 3.63) is 76.2 Å². The molecule has 3 aliphatic rings. The molecule has 9 heteroatoms. The number of methoxy groups -OCH3 is 1. The van der Waals surface area contributed by atoms with Crippen LogP contribution in [0.5, 0.6) is 0 Å². The molecule has 1 N–H and O–H groups in total. The maximum atomic E-state index is 12.5. The zero-order valence-corrected chi connectivity index (χ0v) is 32.5. The molecule has 0 bridgehead atoms. The van der Waals surface area contributed by atoms with Crippen molar-refractivity contribution in [3.8, 4) is 0 Å². The zero-order chi connectivity index (χ0) is 36.2. The van der Waals surface area contributed by atoms with Crippen LogP contribution in [0.15, 0.2) is 59.5 Å². The monoisotopic (exact) mass is 763 g/mol. The van der Waals surface area contributed by atoms with Crippen LogP contribution in [0.1, 0.15) is 118 Å². The Morgan fingerprint density at radius 2 is 1.75 bits per heavy atom. The number of carboxylic acid groups (broad SMARTS) is 1. The summed E-state index contributed by atoms with van der Waals surface area (Å²) < 4.78 is 15.0. The maximum Gasteiger partial charge on any atom is 0.339 e. The number of esters is 1. The number of likely N-dealkylation sites (N-methyl/N-ethyl adjacent to an activating group) is 1. The van der Waals surface area contributed by atoms with Crippen LogP contribution in [0, 0.1) is 11.8 Å². The molecular weight excluding hydrogens is 706 g/mol. The summed E-state index contributed by atoms with van der Waals surface area (Å²) in [6.07, 6.45) is 29.1. The van der Waals surface area contributed by atoms with E-state index in [0.29, 0.717) is 18.6 Å². The lowest BCUT2D eigenvalue weighted by atomic mass is 9.69. The number of piperidine rings is 1. The highest BCUT2D eigenvalue weighted by atomic mass is 79.9. The van der Waals surface area contributed by atoms with E-state index in [4.69, 9.17) is 14.6 Å². The topological polar surface area (TPSA) is 93.9 Å². The number of rotatable bonds is 17. The zero-order valence-electron chi connectivity index (χ0n) is 31.0. The number of carbonyl (C=O) groups is 2. The van der Waals surface area contributed by atoms with Crippen LogP contribution < -0.4 is 0 Å². The van der Waals surface area contributed by atoms with Gasteiger partial charge in [-0.3, -0.25) is 14.7 Å². The van der Waals surface area contributed by atoms with Gasteiger partial charge in [0, 0.05) is 73.0 Å². The number of carboxylic acids is 1. The second kappa shape index (κ2) is 19.2. The molecular formula is C42H58BrN3O5. The number of pyridine rings is 1. The molecule has 1 saturated heterocycles. The number of halogens is 1. The van der Waals surface area contributed by atoms with Crippen molar-refractivity contribution >= 4 is 38.8 Å². The number of benzene rings is 1. The van der Waals surface area contributed by atoms with Crippen LogP contribution >= 0.6 is 15.9 Å². The number of unbranched alkanes of at least 4 members (excludes halogenated alkanes) is 9. The van der Waals surface area contributed by atoms with E-state index >= 15 is 0 Å². The third-order valence-corrected chi connectivity index (χ3v) is 11.7. The van der Waals surface area contributed by atoms with Gasteiger partial charge in [0.05, 0.1) is 12.2 Å². The third-order valence-electron chi connectivity index (χ3n) is 11.3. The number of carbonyl (C=O) groups excluding carboxylic acids is 1. The summed E-state index contributed by atoms with van der Waals surface area (Å²) >= 11 is 3.35. The predicted molar refractivity (Wildman–Crippen MR) is 207 cm³/mol. The molecule has 6 rings (SSSR count). The standard InChI is InChI=1S/C24H26BrN3O3.C18H32O2/c1-27-13-17-8-21-24(30-3,19-5-4-6-20(27)22(17)19)9-15(12-28(21)2)14-31-23(29)16-7-18(25)11-26-10-16;19-18(20)16-10-8-6-4-2-1-3-5-7-9-13-17-14-11-12-15-17/h4-7,10-11,13,15,21H,8-9,12,14H2,1-3H3;11,14,17H,1-10,12-13,15-16H2,(H,19,20). The average molecular weight is 765 g/mol. The molecule has 51 heavy (non-hydrogen) atoms. The van der Waals surface area contributed by atoms with Crippen molar-refractivity contribution in [1.29, 1.82) is 0 Å². The molecule has 1 aliphatic heterocycles. The van der Waals surface area contributed by atoms with E-state index < -0.39 is 11.6 Å². The van der Waals surface area contributed by atoms with Gasteiger partial charge in [0.1, 0.15) is 5.60 Å². The first-order chi connectivity index (χ1) is 24.7. The lowest BCUT2D eigenvalue weighted by Crippen LogP contribution is -2.59. The Labute approximate surface area is 313 Å². The van der Waals surface area contributed by atoms with Crippen LogP contribution in [0.25, 0.3) is 10.9 Å². The molecule has 1 fully saturated rings. The van der Waals surface area contributed by atoms with Gasteiger partial charge in [-0.05, 0) is 90.7 Å². The van der Waals surface area contributed by atoms with Gasteiger partial charge < -0.3 is 19.1 Å². The minimum Gasteiger partial charge on any atom is -0.481 e. The van der Waals surface area contributed by atoms with Crippen molar-refractivity contribution in [2.24, 2.45) is 18.9 Å². The SMILES string of the molecule is COC12CC(COC(=O)c3cncc(Br)c3)CN(C)C1Cc1cn(C)c3cccc2c13.O=C(O)CCCCCCCCCCCCC1C=CCC1. The van der Waals surface area contributed by atoms with Gasteiger partial charge >= 0.3 is 11.9 Å². The summed E-state index contributed by atoms with van der Waals surface area (Å²) in [6.45, 7) is 1.21. The van der Waals surface area contributed by atoms with Gasteiger partial charge in [-0.2, -0.15) is 0 Å². The van der Waals surface area contributed by atoms with E-state index in [-0.39, 0.29) is 17.9 Å². The molecule has 4 unspecified atom stereocenters. The molecule has 1 aromatic carbocycles. The Morgan fingerprint density at radius 3 is 2.41 bits per heavy atom. The first-order valence-electron chi connectivity index (χ1n) is 19.2. The molecule has 0 saturated carbocycles. The lowest BCUT2D eigenvalue weighted by Gasteiger charge is -2.53. The summed E-state index contributed by atoms with van der Waals surface area (Å²) in [4.78, 5) is 29.3. The van der Waals surface area contributed by atoms with Crippen molar-refractivity contribution in [3.63, 3.8) is 0 Å². The number of likely N-dealkylation sites (tertiary alicyclic amines) is 1. The Balaban J connectivity index is 0.000000220. The minimum atomic E-state index is -0.655. The number of hydrogen-bond donors (Lipinski definition) is 1. The van der Waals surface area contributed by atoms with Gasteiger partial charge in [-0.15, -0.1) is 0 Å². The highest BCUT2D eigenvalue weighted by molar-refractivity contribution is 9.10. The Kier molecular flexibility index (Phi) is 14.7. The van der Waals surface area contributed by atoms with Gasteiger partial charge in [0.25, 0.3) is 0 Å². The normalized spacial score (nSPS) is 22.4. The van der Waals surface area contributed by atoms with Crippen molar-refractivity contribution in [2.45, 2.75) is 114 Å². The molecule has 2 aliphatic carbocycles. The molecule has 0 amide bonds. The van der Waals surface area contributed by atoms with Crippen LogP contribution in [0.2, 0.25) is 0 Å². The Bertz CT molecular complexity index is 1620. The molecule has 8 nitrogen and oxygen atoms in total. The number of allylic oxidation sites excluding steroid dienone is 2. The van der Waals surface area contributed by atoms with E-state index in [1.54, 1.807) is 12.3 Å². The average Bonchev–Trinajstić information content (AvgIpc) is 3.76. The smallest absolute Gasteiger partial charge is 0.339 e. The van der Waals surface area contributed by atoms with Crippen LogP contribution in [-0.2, 0) is 33.3 Å². The molecule has 0 spiro atoms. The molecule has 2 aromatic heterocycles. The number of ether oxygens (including phenoxy) is 2. The quantitative estimate of drug-likeness (QED) is 0.0832. The van der Waals surface area contributed by atoms with Gasteiger partial charge in [0.15, 0.2) is 0 Å². The maximum absolute atomic E-state index is 12.5. The van der Waals surface area contributed by atoms with Crippen molar-refractivity contribution in [1.82, 2.24) is 14.5 Å². The number of aromatic nitrogens is 2. The first kappa shape index (κ1) is 39.2. The van der Waals surface area contributed by atoms with E-state index in [0.717, 1.165) is 42.6 Å². The summed E-state index contributed by atoms with van der Waals surface area (Å²) in [5, 5.41) is 9.84. The third kappa shape index (κ3) is 10.3. The van der Waals surface area contributed by atoms with E-state index in [1.807, 2.05) is 7.11 Å². The second-order valence-corrected chi connectivity index (χ2v) is 15.9. The van der Waals surface area contributed by atoms with Gasteiger partial charge in [-0.25, -0.2) is 4.79 Å². The summed E-state index contributed by atoms with van der Waals surface area (Å²) in [5.41, 5.74) is 3.90. The predicted octanol–water partition coefficient (Wildman–Crippen LogP) is 9.63. The second-order valence-electron chi connectivity index (χ2n) is 15.0. The van der Waals surface area contributed by atoms with E-state index in [9.17, 15) is 9.59 Å². The highest BCUT2D eigenvalue weighted by Crippen LogP contribution is 2.49. The Hall–Kier alpha value is -3.01. The fourth-order valence-electron chi connectivity index (χ4n) is 8.66. The summed E-state index contributed by atoms with van der Waals surface area (Å²) in [5.74, 6) is 0.0609. The number of nitrogens with zero attached hydrogens (tertiary/aromatic N) is 3. The molecule has 278 valence electrons. The highest BCUT2D eigenvalue weighted by Gasteiger charge is 2.52. The number of fused-ring (bicyclic) bond motifs is 2. The van der Waals surface area contributed by atoms with Crippen molar-refractivity contribution < 1.29 is 24.2 Å². The molecule has 3 heterocycles. The fraction of sp³-hybridized carbons (Fsp3) is 0.595. The first-order valence-corrected chi connectivity index (χ1v) is 20.0. The van der Waals surface area contributed by atoms with Crippen LogP contribution in [0.4, 0.5) is 0 Å². The van der Waals surface area contributed by atoms with E-state index in [1.165, 1.54) is 98.9 Å². The largest absolute Gasteiger partial charge is 0.481 e. The van der Waals surface area contributed by atoms with Gasteiger partial charge in [-0.1, -0.05) is 82.1 Å². The van der Waals surface area contributed by atoms with Crippen LogP contribution in [0.3, 0.4) is 0 Å². The number of aryl methyl sites for hydroxylation is 1. The lowest BCUT2D eigenvalue weighted by molar-refractivity contribution is -0.137. The number of aliphatic carboxylic acids is 1. The minimum absolute atomic E-state index is 0.172. The van der Waals surface area contributed by atoms with Crippen LogP contribution in [-0.4, -0.2) is 64.8 Å². The summed E-state index contributed by atoms with van der Waals surface area (Å²) in [7, 11) is 6.07. The molecule has 0 radical (unpaired) electrons. The molecule has 3 aromatic rings. The fourth-order valence-corrected chi connectivity index (χ4v) is 9.02. The summed E-state index contributed by atoms with van der Waals surface area (Å²) in [6, 6.07) is 8.47. The van der Waals surface area contributed by atoms with Crippen molar-refractivity contribution in [2.75, 3.05) is 27.3 Å². The molecule has 4 atom stereocenters. The number of hydrogen-bond acceptors (Lipinski definition) is 6. The Morgan fingerprint density at radius 1 is 1.02 bits per heavy atom.